The molecule has 1 aliphatic heterocycles. The van der Waals surface area contributed by atoms with Crippen LogP contribution in [0, 0.1) is 0 Å². The van der Waals surface area contributed by atoms with E-state index in [1.165, 1.54) is 7.11 Å². The van der Waals surface area contributed by atoms with E-state index in [-0.39, 0.29) is 5.97 Å². The lowest BCUT2D eigenvalue weighted by molar-refractivity contribution is -0.136. The predicted molar refractivity (Wildman–Crippen MR) is 105 cm³/mol. The van der Waals surface area contributed by atoms with Crippen LogP contribution < -0.4 is 0 Å². The summed E-state index contributed by atoms with van der Waals surface area (Å²) in [6.07, 6.45) is 0.415. The number of ether oxygens (including phenoxy) is 2. The van der Waals surface area contributed by atoms with E-state index in [1.54, 1.807) is 0 Å². The van der Waals surface area contributed by atoms with E-state index >= 15 is 0 Å². The predicted octanol–water partition coefficient (Wildman–Crippen LogP) is 4.93. The topological polar surface area (TPSA) is 35.5 Å². The van der Waals surface area contributed by atoms with Gasteiger partial charge in [-0.25, -0.2) is 4.79 Å². The molecule has 1 aliphatic rings. The van der Waals surface area contributed by atoms with Gasteiger partial charge in [0.1, 0.15) is 5.76 Å². The van der Waals surface area contributed by atoms with Gasteiger partial charge in [-0.3, -0.25) is 0 Å². The fourth-order valence-corrected chi connectivity index (χ4v) is 3.62. The molecular formula is C24H20O3. The molecule has 0 N–H and O–H groups in total. The Hall–Kier alpha value is -3.33. The minimum atomic E-state index is -0.767. The van der Waals surface area contributed by atoms with Crippen LogP contribution in [-0.2, 0) is 19.9 Å². The number of carbonyl (C=O) groups excluding carboxylic acids is 1. The van der Waals surface area contributed by atoms with Crippen LogP contribution in [0.1, 0.15) is 23.1 Å². The molecule has 3 aromatic carbocycles. The van der Waals surface area contributed by atoms with Crippen molar-refractivity contribution >= 4 is 11.7 Å². The van der Waals surface area contributed by atoms with Crippen molar-refractivity contribution in [1.29, 1.82) is 0 Å². The van der Waals surface area contributed by atoms with Crippen LogP contribution in [0.5, 0.6) is 0 Å². The van der Waals surface area contributed by atoms with Crippen molar-refractivity contribution in [1.82, 2.24) is 0 Å². The molecule has 3 aromatic rings. The first kappa shape index (κ1) is 17.1. The SMILES string of the molecule is COC(=O)C1=C(c2ccccc2)OC(c2ccccc2)(c2ccccc2)C1. The molecule has 0 atom stereocenters. The average Bonchev–Trinajstić information content (AvgIpc) is 3.17. The van der Waals surface area contributed by atoms with Gasteiger partial charge in [0, 0.05) is 23.1 Å². The van der Waals surface area contributed by atoms with Crippen molar-refractivity contribution in [3.63, 3.8) is 0 Å². The molecule has 134 valence electrons. The second kappa shape index (κ2) is 7.12. The molecule has 1 heterocycles. The molecule has 0 spiro atoms. The van der Waals surface area contributed by atoms with Gasteiger partial charge < -0.3 is 9.47 Å². The Kier molecular flexibility index (Phi) is 4.51. The highest BCUT2D eigenvalue weighted by Gasteiger charge is 2.46. The molecule has 4 rings (SSSR count). The summed E-state index contributed by atoms with van der Waals surface area (Å²) in [7, 11) is 1.41. The fraction of sp³-hybridized carbons (Fsp3) is 0.125. The molecule has 0 amide bonds. The third-order valence-electron chi connectivity index (χ3n) is 4.92. The van der Waals surface area contributed by atoms with Crippen LogP contribution in [0.15, 0.2) is 96.6 Å². The van der Waals surface area contributed by atoms with Gasteiger partial charge in [0.2, 0.25) is 0 Å². The number of hydrogen-bond donors (Lipinski definition) is 0. The van der Waals surface area contributed by atoms with Gasteiger partial charge in [-0.1, -0.05) is 91.0 Å². The number of esters is 1. The Labute approximate surface area is 158 Å². The van der Waals surface area contributed by atoms with E-state index in [2.05, 4.69) is 0 Å². The lowest BCUT2D eigenvalue weighted by Gasteiger charge is -2.31. The standard InChI is InChI=1S/C24H20O3/c1-26-23(25)21-17-24(19-13-7-3-8-14-19,20-15-9-4-10-16-20)27-22(21)18-11-5-2-6-12-18/h2-16H,17H2,1H3. The number of carbonyl (C=O) groups is 1. The van der Waals surface area contributed by atoms with Gasteiger partial charge in [0.15, 0.2) is 5.60 Å². The molecule has 0 radical (unpaired) electrons. The van der Waals surface area contributed by atoms with Crippen molar-refractivity contribution in [2.24, 2.45) is 0 Å². The Balaban J connectivity index is 1.90. The molecule has 0 bridgehead atoms. The first-order chi connectivity index (χ1) is 13.2. The Bertz CT molecular complexity index is 921. The van der Waals surface area contributed by atoms with E-state index in [0.717, 1.165) is 16.7 Å². The van der Waals surface area contributed by atoms with Crippen molar-refractivity contribution < 1.29 is 14.3 Å². The van der Waals surface area contributed by atoms with Crippen LogP contribution in [0.4, 0.5) is 0 Å². The molecule has 27 heavy (non-hydrogen) atoms. The van der Waals surface area contributed by atoms with Crippen LogP contribution in [0.25, 0.3) is 5.76 Å². The van der Waals surface area contributed by atoms with Crippen molar-refractivity contribution in [3.05, 3.63) is 113 Å². The quantitative estimate of drug-likeness (QED) is 0.622. The van der Waals surface area contributed by atoms with Gasteiger partial charge in [-0.05, 0) is 0 Å². The Morgan fingerprint density at radius 1 is 0.815 bits per heavy atom. The van der Waals surface area contributed by atoms with Crippen LogP contribution in [0.2, 0.25) is 0 Å². The van der Waals surface area contributed by atoms with Crippen molar-refractivity contribution in [3.8, 4) is 0 Å². The molecular weight excluding hydrogens is 336 g/mol. The molecule has 3 nitrogen and oxygen atoms in total. The zero-order valence-corrected chi connectivity index (χ0v) is 15.1. The lowest BCUT2D eigenvalue weighted by Crippen LogP contribution is -2.27. The maximum absolute atomic E-state index is 12.6. The maximum Gasteiger partial charge on any atom is 0.337 e. The van der Waals surface area contributed by atoms with Gasteiger partial charge in [0.25, 0.3) is 0 Å². The first-order valence-corrected chi connectivity index (χ1v) is 8.91. The summed E-state index contributed by atoms with van der Waals surface area (Å²) in [6, 6.07) is 29.8. The summed E-state index contributed by atoms with van der Waals surface area (Å²) >= 11 is 0. The Morgan fingerprint density at radius 3 is 1.78 bits per heavy atom. The minimum absolute atomic E-state index is 0.359. The summed E-state index contributed by atoms with van der Waals surface area (Å²) < 4.78 is 11.7. The third-order valence-corrected chi connectivity index (χ3v) is 4.92. The molecule has 0 aromatic heterocycles. The summed E-state index contributed by atoms with van der Waals surface area (Å²) in [5.74, 6) is 0.220. The van der Waals surface area contributed by atoms with E-state index in [0.29, 0.717) is 17.8 Å². The molecule has 0 fully saturated rings. The second-order valence-corrected chi connectivity index (χ2v) is 6.50. The number of benzene rings is 3. The highest BCUT2D eigenvalue weighted by molar-refractivity contribution is 5.97. The molecule has 0 aliphatic carbocycles. The number of hydrogen-bond acceptors (Lipinski definition) is 3. The second-order valence-electron chi connectivity index (χ2n) is 6.50. The number of rotatable bonds is 4. The normalized spacial score (nSPS) is 15.3. The van der Waals surface area contributed by atoms with Crippen molar-refractivity contribution in [2.45, 2.75) is 12.0 Å². The van der Waals surface area contributed by atoms with E-state index in [1.807, 2.05) is 91.0 Å². The van der Waals surface area contributed by atoms with Gasteiger partial charge in [-0.2, -0.15) is 0 Å². The van der Waals surface area contributed by atoms with Gasteiger partial charge in [0.05, 0.1) is 12.7 Å². The highest BCUT2D eigenvalue weighted by Crippen LogP contribution is 2.49. The third kappa shape index (κ3) is 3.02. The monoisotopic (exact) mass is 356 g/mol. The van der Waals surface area contributed by atoms with E-state index in [9.17, 15) is 4.79 Å². The molecule has 0 saturated carbocycles. The fourth-order valence-electron chi connectivity index (χ4n) is 3.62. The van der Waals surface area contributed by atoms with E-state index in [4.69, 9.17) is 9.47 Å². The summed E-state index contributed by atoms with van der Waals surface area (Å²) in [6.45, 7) is 0. The minimum Gasteiger partial charge on any atom is -0.476 e. The maximum atomic E-state index is 12.6. The first-order valence-electron chi connectivity index (χ1n) is 8.91. The smallest absolute Gasteiger partial charge is 0.337 e. The zero-order chi connectivity index (χ0) is 18.7. The van der Waals surface area contributed by atoms with Gasteiger partial charge in [-0.15, -0.1) is 0 Å². The van der Waals surface area contributed by atoms with Gasteiger partial charge >= 0.3 is 5.97 Å². The Morgan fingerprint density at radius 2 is 1.30 bits per heavy atom. The van der Waals surface area contributed by atoms with E-state index < -0.39 is 5.60 Å². The van der Waals surface area contributed by atoms with Crippen LogP contribution in [-0.4, -0.2) is 13.1 Å². The highest BCUT2D eigenvalue weighted by atomic mass is 16.5. The van der Waals surface area contributed by atoms with Crippen molar-refractivity contribution in [2.75, 3.05) is 7.11 Å². The van der Waals surface area contributed by atoms with Crippen LogP contribution >= 0.6 is 0 Å². The zero-order valence-electron chi connectivity index (χ0n) is 15.1. The van der Waals surface area contributed by atoms with Crippen LogP contribution in [0.3, 0.4) is 0 Å². The summed E-state index contributed by atoms with van der Waals surface area (Å²) in [5, 5.41) is 0. The average molecular weight is 356 g/mol. The molecule has 0 unspecified atom stereocenters. The largest absolute Gasteiger partial charge is 0.476 e. The number of methoxy groups -OCH3 is 1. The molecule has 3 heteroatoms. The summed E-state index contributed by atoms with van der Waals surface area (Å²) in [5.41, 5.74) is 2.66. The summed E-state index contributed by atoms with van der Waals surface area (Å²) in [4.78, 5) is 12.6. The molecule has 0 saturated heterocycles. The lowest BCUT2D eigenvalue weighted by atomic mass is 9.82.